The van der Waals surface area contributed by atoms with E-state index in [0.717, 1.165) is 5.56 Å². The Balaban J connectivity index is 2.29. The molecule has 3 amide bonds. The van der Waals surface area contributed by atoms with Crippen LogP contribution in [0.1, 0.15) is 54.0 Å². The number of urea groups is 1. The lowest BCUT2D eigenvalue weighted by Crippen LogP contribution is -2.41. The fourth-order valence-electron chi connectivity index (χ4n) is 2.75. The second-order valence-electron chi connectivity index (χ2n) is 9.28. The Labute approximate surface area is 178 Å². The summed E-state index contributed by atoms with van der Waals surface area (Å²) in [7, 11) is -0.655. The summed E-state index contributed by atoms with van der Waals surface area (Å²) in [5.41, 5.74) is 5.59. The van der Waals surface area contributed by atoms with Crippen LogP contribution in [0.5, 0.6) is 0 Å². The van der Waals surface area contributed by atoms with E-state index in [2.05, 4.69) is 10.6 Å². The zero-order chi connectivity index (χ0) is 22.7. The number of amides is 3. The van der Waals surface area contributed by atoms with E-state index in [9.17, 15) is 9.59 Å². The zero-order valence-electron chi connectivity index (χ0n) is 18.8. The molecular weight excluding hydrogens is 385 g/mol. The smallest absolute Gasteiger partial charge is 0.444 e. The van der Waals surface area contributed by atoms with Gasteiger partial charge in [0.25, 0.3) is 0 Å². The van der Waals surface area contributed by atoms with Crippen molar-refractivity contribution in [1.29, 1.82) is 0 Å². The summed E-state index contributed by atoms with van der Waals surface area (Å²) in [5, 5.41) is 5.31. The van der Waals surface area contributed by atoms with E-state index in [-0.39, 0.29) is 6.54 Å². The van der Waals surface area contributed by atoms with Gasteiger partial charge in [-0.1, -0.05) is 18.2 Å². The number of carbonyl (C=O) groups excluding carboxylic acids is 2. The maximum atomic E-state index is 12.2. The third kappa shape index (κ3) is 6.50. The molecule has 9 heteroatoms. The Morgan fingerprint density at radius 3 is 2.30 bits per heavy atom. The van der Waals surface area contributed by atoms with E-state index in [1.165, 1.54) is 0 Å². The quantitative estimate of drug-likeness (QED) is 0.633. The molecule has 4 N–H and O–H groups in total. The molecule has 1 heterocycles. The first-order valence-corrected chi connectivity index (χ1v) is 9.88. The second kappa shape index (κ2) is 8.69. The van der Waals surface area contributed by atoms with Crippen LogP contribution in [-0.4, -0.2) is 42.6 Å². The van der Waals surface area contributed by atoms with Crippen LogP contribution in [0.2, 0.25) is 0 Å². The predicted octanol–water partition coefficient (Wildman–Crippen LogP) is 3.72. The van der Waals surface area contributed by atoms with Crippen molar-refractivity contribution in [2.45, 2.75) is 65.3 Å². The molecule has 1 aromatic carbocycles. The van der Waals surface area contributed by atoms with Gasteiger partial charge in [0.05, 0.1) is 11.2 Å². The molecule has 0 unspecified atom stereocenters. The normalized spacial score (nSPS) is 18.1. The minimum absolute atomic E-state index is 0.166. The molecule has 0 saturated carbocycles. The van der Waals surface area contributed by atoms with Crippen molar-refractivity contribution in [2.24, 2.45) is 5.73 Å². The highest BCUT2D eigenvalue weighted by Gasteiger charge is 2.52. The highest BCUT2D eigenvalue weighted by atomic mass is 16.7. The van der Waals surface area contributed by atoms with E-state index in [1.807, 2.05) is 39.8 Å². The first kappa shape index (κ1) is 23.8. The third-order valence-corrected chi connectivity index (χ3v) is 4.90. The van der Waals surface area contributed by atoms with Crippen LogP contribution in [0.4, 0.5) is 15.3 Å². The molecule has 0 aromatic heterocycles. The molecule has 0 atom stereocenters. The first-order valence-electron chi connectivity index (χ1n) is 9.88. The Morgan fingerprint density at radius 2 is 1.77 bits per heavy atom. The van der Waals surface area contributed by atoms with E-state index in [4.69, 9.17) is 19.8 Å². The second-order valence-corrected chi connectivity index (χ2v) is 9.28. The summed E-state index contributed by atoms with van der Waals surface area (Å²) in [6, 6.07) is 6.51. The predicted molar refractivity (Wildman–Crippen MR) is 118 cm³/mol. The Kier molecular flexibility index (Phi) is 6.88. The minimum Gasteiger partial charge on any atom is -0.444 e. The van der Waals surface area contributed by atoms with Crippen molar-refractivity contribution in [1.82, 2.24) is 5.32 Å². The summed E-state index contributed by atoms with van der Waals surface area (Å²) in [5.74, 6) is 0. The van der Waals surface area contributed by atoms with Crippen molar-refractivity contribution < 1.29 is 23.6 Å². The van der Waals surface area contributed by atoms with Crippen LogP contribution >= 0.6 is 0 Å². The van der Waals surface area contributed by atoms with E-state index < -0.39 is 36.0 Å². The van der Waals surface area contributed by atoms with Gasteiger partial charge in [-0.25, -0.2) is 9.59 Å². The number of nitrogens with one attached hydrogen (secondary N) is 2. The Bertz CT molecular complexity index is 814. The molecule has 0 aliphatic carbocycles. The van der Waals surface area contributed by atoms with Crippen LogP contribution in [0.25, 0.3) is 6.08 Å². The van der Waals surface area contributed by atoms with Crippen molar-refractivity contribution in [3.8, 4) is 0 Å². The molecule has 0 spiro atoms. The van der Waals surface area contributed by atoms with Gasteiger partial charge in [0, 0.05) is 12.2 Å². The summed E-state index contributed by atoms with van der Waals surface area (Å²) in [6.07, 6.45) is 1.32. The standard InChI is InChI=1S/C21H32BN3O5/c1-19(2,3)28-18(27)24-13-15(22-29-20(4,5)21(6,7)30-22)11-14-9-8-10-16(12-14)25-17(23)26/h8-12H,13H2,1-7H3,(H,24,27)(H3,23,25,26). The average molecular weight is 417 g/mol. The number of benzene rings is 1. The summed E-state index contributed by atoms with van der Waals surface area (Å²) in [4.78, 5) is 23.3. The number of alkyl carbamates (subject to hydrolysis) is 1. The number of nitrogens with two attached hydrogens (primary N) is 1. The van der Waals surface area contributed by atoms with Crippen LogP contribution in [0.15, 0.2) is 29.7 Å². The maximum Gasteiger partial charge on any atom is 0.492 e. The molecule has 30 heavy (non-hydrogen) atoms. The van der Waals surface area contributed by atoms with Crippen LogP contribution in [0.3, 0.4) is 0 Å². The SMILES string of the molecule is CC(C)(C)OC(=O)NCC(=Cc1cccc(NC(N)=O)c1)B1OC(C)(C)C(C)(C)O1. The molecule has 1 aliphatic heterocycles. The molecule has 1 aliphatic rings. The largest absolute Gasteiger partial charge is 0.492 e. The fourth-order valence-corrected chi connectivity index (χ4v) is 2.75. The molecular formula is C21H32BN3O5. The number of primary amides is 1. The first-order chi connectivity index (χ1) is 13.7. The number of carbonyl (C=O) groups is 2. The molecule has 164 valence electrons. The number of ether oxygens (including phenoxy) is 1. The highest BCUT2D eigenvalue weighted by Crippen LogP contribution is 2.38. The summed E-state index contributed by atoms with van der Waals surface area (Å²) < 4.78 is 17.6. The molecule has 0 radical (unpaired) electrons. The van der Waals surface area contributed by atoms with Gasteiger partial charge < -0.3 is 30.4 Å². The van der Waals surface area contributed by atoms with Crippen LogP contribution < -0.4 is 16.4 Å². The topological polar surface area (TPSA) is 112 Å². The molecule has 1 saturated heterocycles. The average Bonchev–Trinajstić information content (AvgIpc) is 2.77. The highest BCUT2D eigenvalue weighted by molar-refractivity contribution is 6.56. The van der Waals surface area contributed by atoms with E-state index >= 15 is 0 Å². The minimum atomic E-state index is -0.655. The molecule has 1 fully saturated rings. The maximum absolute atomic E-state index is 12.2. The lowest BCUT2D eigenvalue weighted by Gasteiger charge is -2.32. The monoisotopic (exact) mass is 417 g/mol. The fraction of sp³-hybridized carbons (Fsp3) is 0.524. The van der Waals surface area contributed by atoms with E-state index in [1.54, 1.807) is 39.0 Å². The van der Waals surface area contributed by atoms with Crippen molar-refractivity contribution >= 4 is 31.0 Å². The molecule has 2 rings (SSSR count). The Hall–Kier alpha value is -2.52. The number of anilines is 1. The van der Waals surface area contributed by atoms with Gasteiger partial charge in [0.2, 0.25) is 0 Å². The van der Waals surface area contributed by atoms with Crippen LogP contribution in [0, 0.1) is 0 Å². The zero-order valence-corrected chi connectivity index (χ0v) is 18.8. The summed E-state index contributed by atoms with van der Waals surface area (Å²) >= 11 is 0. The van der Waals surface area contributed by atoms with Gasteiger partial charge in [0.15, 0.2) is 0 Å². The lowest BCUT2D eigenvalue weighted by molar-refractivity contribution is 0.00578. The Morgan fingerprint density at radius 1 is 1.17 bits per heavy atom. The molecule has 1 aromatic rings. The third-order valence-electron chi connectivity index (χ3n) is 4.90. The number of rotatable bonds is 5. The van der Waals surface area contributed by atoms with Gasteiger partial charge in [0.1, 0.15) is 5.60 Å². The molecule has 8 nitrogen and oxygen atoms in total. The van der Waals surface area contributed by atoms with Crippen molar-refractivity contribution in [3.05, 3.63) is 35.3 Å². The van der Waals surface area contributed by atoms with Crippen molar-refractivity contribution in [3.63, 3.8) is 0 Å². The summed E-state index contributed by atoms with van der Waals surface area (Å²) in [6.45, 7) is 13.4. The lowest BCUT2D eigenvalue weighted by atomic mass is 9.77. The van der Waals surface area contributed by atoms with Gasteiger partial charge in [-0.2, -0.15) is 0 Å². The van der Waals surface area contributed by atoms with Gasteiger partial charge in [-0.3, -0.25) is 0 Å². The van der Waals surface area contributed by atoms with Crippen LogP contribution in [-0.2, 0) is 14.0 Å². The van der Waals surface area contributed by atoms with Gasteiger partial charge in [-0.15, -0.1) is 0 Å². The number of hydrogen-bond acceptors (Lipinski definition) is 5. The van der Waals surface area contributed by atoms with Gasteiger partial charge in [-0.05, 0) is 71.6 Å². The van der Waals surface area contributed by atoms with E-state index in [0.29, 0.717) is 11.2 Å². The van der Waals surface area contributed by atoms with Crippen molar-refractivity contribution in [2.75, 3.05) is 11.9 Å². The number of hydrogen-bond donors (Lipinski definition) is 3. The van der Waals surface area contributed by atoms with Gasteiger partial charge >= 0.3 is 19.2 Å². The molecule has 0 bridgehead atoms.